The van der Waals surface area contributed by atoms with Gasteiger partial charge in [-0.3, -0.25) is 0 Å². The van der Waals surface area contributed by atoms with E-state index in [0.29, 0.717) is 85.9 Å². The number of rotatable bonds is 34. The lowest BCUT2D eigenvalue weighted by Crippen LogP contribution is -2.14. The number of aliphatic hydroxyl groups excluding tert-OH is 1. The van der Waals surface area contributed by atoms with Crippen LogP contribution >= 0.6 is 0 Å². The van der Waals surface area contributed by atoms with Gasteiger partial charge in [0, 0.05) is 6.61 Å². The first-order valence-electron chi connectivity index (χ1n) is 15.1. The van der Waals surface area contributed by atoms with Gasteiger partial charge in [-0.15, -0.1) is 0 Å². The first-order chi connectivity index (χ1) is 18.4. The largest absolute Gasteiger partial charge is 0.394 e. The van der Waals surface area contributed by atoms with Gasteiger partial charge in [-0.2, -0.15) is 0 Å². The first-order valence-corrected chi connectivity index (χ1v) is 15.1. The predicted molar refractivity (Wildman–Crippen MR) is 149 cm³/mol. The van der Waals surface area contributed by atoms with Crippen LogP contribution in [0.3, 0.4) is 0 Å². The normalized spacial score (nSPS) is 11.5. The summed E-state index contributed by atoms with van der Waals surface area (Å²) < 4.78 is 37.9. The van der Waals surface area contributed by atoms with Gasteiger partial charge < -0.3 is 38.3 Å². The van der Waals surface area contributed by atoms with Gasteiger partial charge in [0.15, 0.2) is 0 Å². The lowest BCUT2D eigenvalue weighted by molar-refractivity contribution is -0.0215. The molecule has 0 bridgehead atoms. The second-order valence-corrected chi connectivity index (χ2v) is 9.25. The molecule has 0 aromatic rings. The predicted octanol–water partition coefficient (Wildman–Crippen LogP) is 5.19. The fraction of sp³-hybridized carbons (Fsp3) is 1.00. The van der Waals surface area contributed by atoms with Gasteiger partial charge in [0.05, 0.1) is 92.5 Å². The smallest absolute Gasteiger partial charge is 0.0701 e. The Bertz CT molecular complexity index is 353. The Morgan fingerprint density at radius 2 is 0.541 bits per heavy atom. The van der Waals surface area contributed by atoms with Crippen molar-refractivity contribution in [2.45, 2.75) is 90.4 Å². The molecule has 224 valence electrons. The molecule has 0 saturated carbocycles. The molecule has 0 radical (unpaired) electrons. The van der Waals surface area contributed by atoms with Gasteiger partial charge in [-0.05, 0) is 6.42 Å². The van der Waals surface area contributed by atoms with Crippen molar-refractivity contribution in [2.75, 3.05) is 99.1 Å². The summed E-state index contributed by atoms with van der Waals surface area (Å²) in [6.07, 6.45) is 17.8. The molecular formula is C29H60O8. The summed E-state index contributed by atoms with van der Waals surface area (Å²) in [7, 11) is 0. The van der Waals surface area contributed by atoms with E-state index in [2.05, 4.69) is 6.92 Å². The lowest BCUT2D eigenvalue weighted by atomic mass is 10.0. The summed E-state index contributed by atoms with van der Waals surface area (Å²) in [5, 5.41) is 8.57. The van der Waals surface area contributed by atoms with Gasteiger partial charge in [-0.1, -0.05) is 84.0 Å². The Hall–Kier alpha value is -0.320. The highest BCUT2D eigenvalue weighted by Gasteiger charge is 1.96. The SMILES string of the molecule is CCCCCCCCCCCCCCCOCCOCCOCCOCCOCCOCCOCCO. The molecule has 37 heavy (non-hydrogen) atoms. The molecule has 0 aliphatic rings. The molecule has 8 heteroatoms. The van der Waals surface area contributed by atoms with E-state index < -0.39 is 0 Å². The van der Waals surface area contributed by atoms with E-state index in [1.54, 1.807) is 0 Å². The fourth-order valence-corrected chi connectivity index (χ4v) is 3.71. The molecule has 0 atom stereocenters. The average Bonchev–Trinajstić information content (AvgIpc) is 2.91. The third-order valence-electron chi connectivity index (χ3n) is 5.86. The molecule has 1 N–H and O–H groups in total. The zero-order valence-electron chi connectivity index (χ0n) is 24.1. The van der Waals surface area contributed by atoms with Crippen LogP contribution in [-0.4, -0.2) is 104 Å². The van der Waals surface area contributed by atoms with Crippen LogP contribution in [0, 0.1) is 0 Å². The zero-order valence-corrected chi connectivity index (χ0v) is 24.1. The van der Waals surface area contributed by atoms with Crippen LogP contribution in [0.2, 0.25) is 0 Å². The molecule has 0 heterocycles. The molecule has 0 aromatic heterocycles. The van der Waals surface area contributed by atoms with Crippen molar-refractivity contribution >= 4 is 0 Å². The maximum Gasteiger partial charge on any atom is 0.0701 e. The summed E-state index contributed by atoms with van der Waals surface area (Å²) in [4.78, 5) is 0. The number of hydrogen-bond donors (Lipinski definition) is 1. The van der Waals surface area contributed by atoms with Crippen LogP contribution < -0.4 is 0 Å². The fourth-order valence-electron chi connectivity index (χ4n) is 3.71. The second kappa shape index (κ2) is 35.7. The Balaban J connectivity index is 3.00. The first kappa shape index (κ1) is 36.7. The summed E-state index contributed by atoms with van der Waals surface area (Å²) in [5.74, 6) is 0. The molecule has 0 spiro atoms. The lowest BCUT2D eigenvalue weighted by Gasteiger charge is -2.08. The molecule has 8 nitrogen and oxygen atoms in total. The molecular weight excluding hydrogens is 476 g/mol. The van der Waals surface area contributed by atoms with Crippen molar-refractivity contribution in [1.29, 1.82) is 0 Å². The van der Waals surface area contributed by atoms with E-state index in [0.717, 1.165) is 13.0 Å². The van der Waals surface area contributed by atoms with E-state index in [1.807, 2.05) is 0 Å². The third-order valence-corrected chi connectivity index (χ3v) is 5.86. The molecule has 0 rings (SSSR count). The number of hydrogen-bond acceptors (Lipinski definition) is 8. The zero-order chi connectivity index (χ0) is 26.7. The molecule has 0 fully saturated rings. The minimum Gasteiger partial charge on any atom is -0.394 e. The number of ether oxygens (including phenoxy) is 7. The Morgan fingerprint density at radius 1 is 0.297 bits per heavy atom. The average molecular weight is 537 g/mol. The van der Waals surface area contributed by atoms with Gasteiger partial charge in [-0.25, -0.2) is 0 Å². The van der Waals surface area contributed by atoms with Crippen molar-refractivity contribution < 1.29 is 38.3 Å². The molecule has 0 unspecified atom stereocenters. The number of aliphatic hydroxyl groups is 1. The third kappa shape index (κ3) is 35.7. The van der Waals surface area contributed by atoms with Gasteiger partial charge in [0.2, 0.25) is 0 Å². The quantitative estimate of drug-likeness (QED) is 0.113. The summed E-state index contributed by atoms with van der Waals surface area (Å²) in [6.45, 7) is 10.1. The van der Waals surface area contributed by atoms with Crippen molar-refractivity contribution in [3.63, 3.8) is 0 Å². The summed E-state index contributed by atoms with van der Waals surface area (Å²) >= 11 is 0. The van der Waals surface area contributed by atoms with E-state index >= 15 is 0 Å². The van der Waals surface area contributed by atoms with E-state index in [4.69, 9.17) is 38.3 Å². The van der Waals surface area contributed by atoms with E-state index in [-0.39, 0.29) is 6.61 Å². The highest BCUT2D eigenvalue weighted by Crippen LogP contribution is 2.12. The maximum atomic E-state index is 8.57. The molecule has 0 amide bonds. The second-order valence-electron chi connectivity index (χ2n) is 9.25. The summed E-state index contributed by atoms with van der Waals surface area (Å²) in [6, 6.07) is 0. The maximum absolute atomic E-state index is 8.57. The topological polar surface area (TPSA) is 84.8 Å². The number of unbranched alkanes of at least 4 members (excludes halogenated alkanes) is 12. The Morgan fingerprint density at radius 3 is 0.838 bits per heavy atom. The summed E-state index contributed by atoms with van der Waals surface area (Å²) in [5.41, 5.74) is 0. The van der Waals surface area contributed by atoms with Crippen LogP contribution in [0.15, 0.2) is 0 Å². The van der Waals surface area contributed by atoms with Crippen LogP contribution in [-0.2, 0) is 33.2 Å². The van der Waals surface area contributed by atoms with Crippen LogP contribution in [0.4, 0.5) is 0 Å². The molecule has 0 aliphatic carbocycles. The van der Waals surface area contributed by atoms with Crippen molar-refractivity contribution in [2.24, 2.45) is 0 Å². The van der Waals surface area contributed by atoms with Crippen molar-refractivity contribution in [1.82, 2.24) is 0 Å². The Kier molecular flexibility index (Phi) is 35.4. The Labute approximate surface area is 228 Å². The molecule has 0 saturated heterocycles. The highest BCUT2D eigenvalue weighted by atomic mass is 16.6. The van der Waals surface area contributed by atoms with Crippen molar-refractivity contribution in [3.8, 4) is 0 Å². The van der Waals surface area contributed by atoms with Gasteiger partial charge in [0.1, 0.15) is 0 Å². The molecule has 0 aliphatic heterocycles. The molecule has 0 aromatic carbocycles. The minimum absolute atomic E-state index is 0.0387. The minimum atomic E-state index is 0.0387. The van der Waals surface area contributed by atoms with E-state index in [1.165, 1.54) is 77.0 Å². The van der Waals surface area contributed by atoms with Crippen LogP contribution in [0.25, 0.3) is 0 Å². The van der Waals surface area contributed by atoms with Crippen molar-refractivity contribution in [3.05, 3.63) is 0 Å². The van der Waals surface area contributed by atoms with E-state index in [9.17, 15) is 0 Å². The standard InChI is InChI=1S/C29H60O8/c1-2-3-4-5-6-7-8-9-10-11-12-13-14-16-31-18-20-33-22-24-35-26-28-37-29-27-36-25-23-34-21-19-32-17-15-30/h30H,2-29H2,1H3. The highest BCUT2D eigenvalue weighted by molar-refractivity contribution is 4.49. The van der Waals surface area contributed by atoms with Crippen LogP contribution in [0.1, 0.15) is 90.4 Å². The van der Waals surface area contributed by atoms with Gasteiger partial charge >= 0.3 is 0 Å². The van der Waals surface area contributed by atoms with Crippen LogP contribution in [0.5, 0.6) is 0 Å². The van der Waals surface area contributed by atoms with Gasteiger partial charge in [0.25, 0.3) is 0 Å². The monoisotopic (exact) mass is 536 g/mol.